The summed E-state index contributed by atoms with van der Waals surface area (Å²) in [6, 6.07) is 4.18. The second-order valence-corrected chi connectivity index (χ2v) is 3.11. The molecular weight excluding hydrogens is 213 g/mol. The zero-order valence-electron chi connectivity index (χ0n) is 8.49. The van der Waals surface area contributed by atoms with Crippen molar-refractivity contribution in [3.63, 3.8) is 0 Å². The average molecular weight is 222 g/mol. The molecule has 0 heterocycles. The number of nitrogens with one attached hydrogen (secondary N) is 1. The number of carboxylic acids is 1. The molecule has 1 rings (SSSR count). The quantitative estimate of drug-likeness (QED) is 0.751. The third-order valence-corrected chi connectivity index (χ3v) is 1.81. The van der Waals surface area contributed by atoms with Crippen molar-refractivity contribution in [2.24, 2.45) is 0 Å². The molecule has 0 bridgehead atoms. The van der Waals surface area contributed by atoms with Crippen LogP contribution in [0.5, 0.6) is 0 Å². The lowest BCUT2D eigenvalue weighted by molar-refractivity contribution is -0.297. The van der Waals surface area contributed by atoms with Gasteiger partial charge in [0.2, 0.25) is 5.91 Å². The predicted octanol–water partition coefficient (Wildman–Crippen LogP) is 0.379. The normalized spacial score (nSPS) is 10.4. The van der Waals surface area contributed by atoms with Crippen molar-refractivity contribution in [3.05, 3.63) is 41.7 Å². The Labute approximate surface area is 91.4 Å². The monoisotopic (exact) mass is 222 g/mol. The van der Waals surface area contributed by atoms with Crippen molar-refractivity contribution in [2.75, 3.05) is 5.32 Å². The number of carbonyl (C=O) groups is 2. The number of carbonyl (C=O) groups excluding carboxylic acids is 2. The molecule has 0 spiro atoms. The molecule has 1 amide bonds. The Kier molecular flexibility index (Phi) is 3.77. The van der Waals surface area contributed by atoms with E-state index in [1.54, 1.807) is 6.92 Å². The molecule has 0 saturated carbocycles. The summed E-state index contributed by atoms with van der Waals surface area (Å²) >= 11 is 0. The minimum atomic E-state index is -1.47. The van der Waals surface area contributed by atoms with E-state index in [0.717, 1.165) is 12.1 Å². The molecule has 0 aromatic heterocycles. The van der Waals surface area contributed by atoms with Crippen LogP contribution in [0.3, 0.4) is 0 Å². The standard InChI is InChI=1S/C11H10FNO3/c1-7-2-3-8(6-9(7)12)13-10(14)4-5-11(15)16/h2-6H,1H3,(H,13,14)(H,15,16)/p-1. The molecular formula is C11H9FNO3-. The number of carboxylic acid groups (broad SMARTS) is 1. The number of benzene rings is 1. The number of aliphatic carboxylic acids is 1. The van der Waals surface area contributed by atoms with E-state index in [9.17, 15) is 19.1 Å². The van der Waals surface area contributed by atoms with Crippen molar-refractivity contribution < 1.29 is 19.1 Å². The van der Waals surface area contributed by atoms with Crippen LogP contribution >= 0.6 is 0 Å². The number of hydrogen-bond acceptors (Lipinski definition) is 3. The first kappa shape index (κ1) is 11.9. The first-order valence-electron chi connectivity index (χ1n) is 4.45. The lowest BCUT2D eigenvalue weighted by Gasteiger charge is -2.03. The van der Waals surface area contributed by atoms with E-state index in [0.29, 0.717) is 11.6 Å². The van der Waals surface area contributed by atoms with Crippen LogP contribution in [0.4, 0.5) is 10.1 Å². The average Bonchev–Trinajstić information content (AvgIpc) is 2.21. The predicted molar refractivity (Wildman–Crippen MR) is 53.9 cm³/mol. The minimum Gasteiger partial charge on any atom is -0.545 e. The molecule has 0 unspecified atom stereocenters. The van der Waals surface area contributed by atoms with Gasteiger partial charge in [-0.25, -0.2) is 4.39 Å². The Morgan fingerprint density at radius 2 is 2.06 bits per heavy atom. The van der Waals surface area contributed by atoms with E-state index < -0.39 is 17.7 Å². The van der Waals surface area contributed by atoms with Crippen LogP contribution in [0.15, 0.2) is 30.4 Å². The molecule has 5 heteroatoms. The highest BCUT2D eigenvalue weighted by molar-refractivity contribution is 6.02. The van der Waals surface area contributed by atoms with Crippen molar-refractivity contribution in [1.82, 2.24) is 0 Å². The maximum atomic E-state index is 13.1. The molecule has 0 aliphatic rings. The van der Waals surface area contributed by atoms with Gasteiger partial charge in [0, 0.05) is 11.8 Å². The van der Waals surface area contributed by atoms with Crippen molar-refractivity contribution >= 4 is 17.6 Å². The van der Waals surface area contributed by atoms with Crippen LogP contribution in [-0.2, 0) is 9.59 Å². The zero-order valence-corrected chi connectivity index (χ0v) is 8.49. The highest BCUT2D eigenvalue weighted by Gasteiger charge is 2.01. The van der Waals surface area contributed by atoms with Gasteiger partial charge in [-0.05, 0) is 30.7 Å². The van der Waals surface area contributed by atoms with Crippen LogP contribution in [0.2, 0.25) is 0 Å². The molecule has 0 saturated heterocycles. The van der Waals surface area contributed by atoms with Gasteiger partial charge in [-0.15, -0.1) is 0 Å². The number of hydrogen-bond donors (Lipinski definition) is 1. The summed E-state index contributed by atoms with van der Waals surface area (Å²) in [5.74, 6) is -2.57. The van der Waals surface area contributed by atoms with Crippen LogP contribution in [0.25, 0.3) is 0 Å². The molecule has 0 aliphatic heterocycles. The molecule has 4 nitrogen and oxygen atoms in total. The first-order valence-corrected chi connectivity index (χ1v) is 4.45. The number of anilines is 1. The Morgan fingerprint density at radius 3 is 2.62 bits per heavy atom. The SMILES string of the molecule is Cc1ccc(NC(=O)C=CC(=O)[O-])cc1F. The number of rotatable bonds is 3. The fourth-order valence-electron chi connectivity index (χ4n) is 0.998. The lowest BCUT2D eigenvalue weighted by Crippen LogP contribution is -2.20. The summed E-state index contributed by atoms with van der Waals surface area (Å²) in [7, 11) is 0. The van der Waals surface area contributed by atoms with Gasteiger partial charge in [-0.1, -0.05) is 6.07 Å². The second-order valence-electron chi connectivity index (χ2n) is 3.11. The minimum absolute atomic E-state index is 0.260. The molecule has 1 aromatic carbocycles. The molecule has 0 radical (unpaired) electrons. The van der Waals surface area contributed by atoms with Gasteiger partial charge in [0.1, 0.15) is 5.82 Å². The van der Waals surface area contributed by atoms with Gasteiger partial charge in [0.05, 0.1) is 5.97 Å². The Morgan fingerprint density at radius 1 is 1.38 bits per heavy atom. The lowest BCUT2D eigenvalue weighted by atomic mass is 10.2. The van der Waals surface area contributed by atoms with Crippen LogP contribution < -0.4 is 10.4 Å². The summed E-state index contributed by atoms with van der Waals surface area (Å²) in [6.07, 6.45) is 1.40. The highest BCUT2D eigenvalue weighted by atomic mass is 19.1. The first-order chi connectivity index (χ1) is 7.49. The summed E-state index contributed by atoms with van der Waals surface area (Å²) in [6.45, 7) is 1.59. The van der Waals surface area contributed by atoms with Crippen molar-refractivity contribution in [3.8, 4) is 0 Å². The van der Waals surface area contributed by atoms with E-state index in [4.69, 9.17) is 0 Å². The van der Waals surface area contributed by atoms with E-state index in [-0.39, 0.29) is 5.69 Å². The van der Waals surface area contributed by atoms with E-state index in [1.807, 2.05) is 0 Å². The maximum Gasteiger partial charge on any atom is 0.248 e. The Bertz CT molecular complexity index is 455. The summed E-state index contributed by atoms with van der Waals surface area (Å²) in [5, 5.41) is 12.3. The van der Waals surface area contributed by atoms with Gasteiger partial charge in [-0.2, -0.15) is 0 Å². The van der Waals surface area contributed by atoms with Crippen LogP contribution in [0.1, 0.15) is 5.56 Å². The molecule has 1 N–H and O–H groups in total. The molecule has 1 aromatic rings. The van der Waals surface area contributed by atoms with E-state index in [1.165, 1.54) is 12.1 Å². The van der Waals surface area contributed by atoms with Gasteiger partial charge >= 0.3 is 0 Å². The van der Waals surface area contributed by atoms with Crippen LogP contribution in [-0.4, -0.2) is 11.9 Å². The summed E-state index contributed by atoms with van der Waals surface area (Å²) < 4.78 is 13.1. The number of amides is 1. The van der Waals surface area contributed by atoms with Crippen molar-refractivity contribution in [2.45, 2.75) is 6.92 Å². The van der Waals surface area contributed by atoms with E-state index >= 15 is 0 Å². The smallest absolute Gasteiger partial charge is 0.248 e. The third-order valence-electron chi connectivity index (χ3n) is 1.81. The molecule has 16 heavy (non-hydrogen) atoms. The molecule has 0 atom stereocenters. The number of aryl methyl sites for hydroxylation is 1. The zero-order chi connectivity index (χ0) is 12.1. The topological polar surface area (TPSA) is 69.2 Å². The van der Waals surface area contributed by atoms with Gasteiger partial charge in [-0.3, -0.25) is 4.79 Å². The summed E-state index contributed by atoms with van der Waals surface area (Å²) in [4.78, 5) is 21.1. The number of halogens is 1. The van der Waals surface area contributed by atoms with Gasteiger partial charge < -0.3 is 15.2 Å². The van der Waals surface area contributed by atoms with Crippen molar-refractivity contribution in [1.29, 1.82) is 0 Å². The van der Waals surface area contributed by atoms with E-state index in [2.05, 4.69) is 5.32 Å². The largest absolute Gasteiger partial charge is 0.545 e. The third kappa shape index (κ3) is 3.53. The fraction of sp³-hybridized carbons (Fsp3) is 0.0909. The van der Waals surface area contributed by atoms with Gasteiger partial charge in [0.15, 0.2) is 0 Å². The molecule has 0 fully saturated rings. The van der Waals surface area contributed by atoms with Gasteiger partial charge in [0.25, 0.3) is 0 Å². The molecule has 0 aliphatic carbocycles. The maximum absolute atomic E-state index is 13.1. The van der Waals surface area contributed by atoms with Crippen LogP contribution in [0, 0.1) is 12.7 Å². The summed E-state index contributed by atoms with van der Waals surface area (Å²) in [5.41, 5.74) is 0.722. The Balaban J connectivity index is 2.70. The Hall–Kier alpha value is -2.17. The molecule has 84 valence electrons. The second kappa shape index (κ2) is 5.06. The fourth-order valence-corrected chi connectivity index (χ4v) is 0.998. The highest BCUT2D eigenvalue weighted by Crippen LogP contribution is 2.13.